The van der Waals surface area contributed by atoms with Crippen LogP contribution in [0.3, 0.4) is 0 Å². The standard InChI is InChI=1S/C12H24N2OS/c1-10(2)11-6-9-16-12(14-11)13-7-4-5-8-15-3/h10-11H,4-9H2,1-3H3,(H,13,14). The van der Waals surface area contributed by atoms with E-state index in [-0.39, 0.29) is 0 Å². The van der Waals surface area contributed by atoms with E-state index in [0.29, 0.717) is 12.0 Å². The van der Waals surface area contributed by atoms with E-state index in [1.165, 1.54) is 12.2 Å². The van der Waals surface area contributed by atoms with Gasteiger partial charge in [-0.15, -0.1) is 0 Å². The summed E-state index contributed by atoms with van der Waals surface area (Å²) in [5.41, 5.74) is 0. The lowest BCUT2D eigenvalue weighted by Gasteiger charge is -2.28. The van der Waals surface area contributed by atoms with Gasteiger partial charge in [-0.3, -0.25) is 4.99 Å². The number of thioether (sulfide) groups is 1. The van der Waals surface area contributed by atoms with Gasteiger partial charge in [0.25, 0.3) is 0 Å². The van der Waals surface area contributed by atoms with E-state index in [9.17, 15) is 0 Å². The molecule has 0 bridgehead atoms. The van der Waals surface area contributed by atoms with Crippen molar-refractivity contribution in [3.63, 3.8) is 0 Å². The van der Waals surface area contributed by atoms with Crippen molar-refractivity contribution < 1.29 is 4.74 Å². The summed E-state index contributed by atoms with van der Waals surface area (Å²) >= 11 is 1.86. The number of hydrogen-bond donors (Lipinski definition) is 1. The van der Waals surface area contributed by atoms with Crippen LogP contribution >= 0.6 is 11.8 Å². The number of ether oxygens (including phenoxy) is 1. The molecule has 1 unspecified atom stereocenters. The Kier molecular flexibility index (Phi) is 6.88. The second-order valence-electron chi connectivity index (χ2n) is 4.52. The van der Waals surface area contributed by atoms with Gasteiger partial charge in [-0.1, -0.05) is 25.6 Å². The molecule has 1 rings (SSSR count). The summed E-state index contributed by atoms with van der Waals surface area (Å²) in [6.45, 7) is 6.30. The van der Waals surface area contributed by atoms with Crippen LogP contribution in [0.5, 0.6) is 0 Å². The van der Waals surface area contributed by atoms with Gasteiger partial charge >= 0.3 is 0 Å². The predicted octanol–water partition coefficient (Wildman–Crippen LogP) is 2.52. The van der Waals surface area contributed by atoms with E-state index in [1.807, 2.05) is 11.8 Å². The molecule has 1 saturated heterocycles. The lowest BCUT2D eigenvalue weighted by atomic mass is 10.0. The van der Waals surface area contributed by atoms with Crippen LogP contribution < -0.4 is 5.32 Å². The molecule has 1 atom stereocenters. The zero-order chi connectivity index (χ0) is 11.8. The smallest absolute Gasteiger partial charge is 0.156 e. The maximum absolute atomic E-state index is 5.01. The Bertz CT molecular complexity index is 219. The monoisotopic (exact) mass is 244 g/mol. The number of methoxy groups -OCH3 is 1. The molecule has 0 saturated carbocycles. The third-order valence-electron chi connectivity index (χ3n) is 2.79. The highest BCUT2D eigenvalue weighted by Crippen LogP contribution is 2.18. The Labute approximate surface area is 103 Å². The third kappa shape index (κ3) is 5.21. The molecule has 0 aliphatic carbocycles. The van der Waals surface area contributed by atoms with E-state index >= 15 is 0 Å². The maximum Gasteiger partial charge on any atom is 0.156 e. The van der Waals surface area contributed by atoms with Crippen molar-refractivity contribution in [3.05, 3.63) is 0 Å². The summed E-state index contributed by atoms with van der Waals surface area (Å²) in [5, 5.41) is 4.67. The minimum atomic E-state index is 0.610. The highest BCUT2D eigenvalue weighted by atomic mass is 32.2. The molecule has 1 aliphatic rings. The van der Waals surface area contributed by atoms with Gasteiger partial charge in [-0.25, -0.2) is 0 Å². The molecule has 0 aromatic carbocycles. The van der Waals surface area contributed by atoms with Gasteiger partial charge < -0.3 is 10.1 Å². The maximum atomic E-state index is 5.01. The summed E-state index contributed by atoms with van der Waals surface area (Å²) in [7, 11) is 1.75. The van der Waals surface area contributed by atoms with Crippen LogP contribution in [0.2, 0.25) is 0 Å². The van der Waals surface area contributed by atoms with Crippen molar-refractivity contribution in [2.24, 2.45) is 10.9 Å². The third-order valence-corrected chi connectivity index (χ3v) is 3.75. The minimum absolute atomic E-state index is 0.610. The molecule has 1 N–H and O–H groups in total. The van der Waals surface area contributed by atoms with Crippen molar-refractivity contribution in [2.75, 3.05) is 26.0 Å². The molecule has 94 valence electrons. The summed E-state index contributed by atoms with van der Waals surface area (Å²) < 4.78 is 5.01. The van der Waals surface area contributed by atoms with Crippen LogP contribution in [0.4, 0.5) is 0 Å². The van der Waals surface area contributed by atoms with Crippen molar-refractivity contribution in [3.8, 4) is 0 Å². The lowest BCUT2D eigenvalue weighted by Crippen LogP contribution is -2.41. The zero-order valence-corrected chi connectivity index (χ0v) is 11.5. The molecule has 0 aromatic heterocycles. The number of nitrogens with zero attached hydrogens (tertiary/aromatic N) is 1. The number of aliphatic imine (C=N–C) groups is 1. The number of unbranched alkanes of at least 4 members (excludes halogenated alkanes) is 1. The molecule has 0 aromatic rings. The number of rotatable bonds is 6. The van der Waals surface area contributed by atoms with Crippen LogP contribution in [0.1, 0.15) is 33.1 Å². The first-order valence-electron chi connectivity index (χ1n) is 6.16. The Hall–Kier alpha value is -0.220. The largest absolute Gasteiger partial charge is 0.385 e. The van der Waals surface area contributed by atoms with Crippen LogP contribution in [0.25, 0.3) is 0 Å². The van der Waals surface area contributed by atoms with Crippen molar-refractivity contribution in [1.29, 1.82) is 0 Å². The van der Waals surface area contributed by atoms with Crippen molar-refractivity contribution in [1.82, 2.24) is 5.32 Å². The summed E-state index contributed by atoms with van der Waals surface area (Å²) in [4.78, 5) is 4.60. The Morgan fingerprint density at radius 2 is 2.31 bits per heavy atom. The molecule has 1 aliphatic heterocycles. The Morgan fingerprint density at radius 1 is 1.50 bits per heavy atom. The van der Waals surface area contributed by atoms with Gasteiger partial charge in [0.15, 0.2) is 5.17 Å². The Morgan fingerprint density at radius 3 is 3.00 bits per heavy atom. The number of amidine groups is 1. The molecule has 1 fully saturated rings. The van der Waals surface area contributed by atoms with Crippen molar-refractivity contribution >= 4 is 16.9 Å². The summed E-state index contributed by atoms with van der Waals surface area (Å²) in [6, 6.07) is 0.610. The van der Waals surface area contributed by atoms with Crippen LogP contribution in [-0.4, -0.2) is 37.2 Å². The highest BCUT2D eigenvalue weighted by Gasteiger charge is 2.19. The predicted molar refractivity (Wildman–Crippen MR) is 72.2 cm³/mol. The van der Waals surface area contributed by atoms with Crippen molar-refractivity contribution in [2.45, 2.75) is 39.2 Å². The quantitative estimate of drug-likeness (QED) is 0.729. The fourth-order valence-corrected chi connectivity index (χ4v) is 2.67. The number of hydrogen-bond acceptors (Lipinski definition) is 3. The molecular formula is C12H24N2OS. The summed E-state index contributed by atoms with van der Waals surface area (Å²) in [6.07, 6.45) is 3.47. The molecule has 16 heavy (non-hydrogen) atoms. The molecule has 0 amide bonds. The molecule has 1 heterocycles. The fourth-order valence-electron chi connectivity index (χ4n) is 1.69. The van der Waals surface area contributed by atoms with E-state index in [1.54, 1.807) is 7.11 Å². The van der Waals surface area contributed by atoms with Gasteiger partial charge in [0.2, 0.25) is 0 Å². The molecular weight excluding hydrogens is 220 g/mol. The van der Waals surface area contributed by atoms with Crippen LogP contribution in [0.15, 0.2) is 4.99 Å². The van der Waals surface area contributed by atoms with Gasteiger partial charge in [0.1, 0.15) is 0 Å². The van der Waals surface area contributed by atoms with Gasteiger partial charge in [-0.2, -0.15) is 0 Å². The Balaban J connectivity index is 2.22. The topological polar surface area (TPSA) is 33.6 Å². The molecule has 3 nitrogen and oxygen atoms in total. The van der Waals surface area contributed by atoms with E-state index < -0.39 is 0 Å². The first kappa shape index (κ1) is 13.8. The van der Waals surface area contributed by atoms with Crippen LogP contribution in [0, 0.1) is 5.92 Å². The van der Waals surface area contributed by atoms with E-state index in [0.717, 1.165) is 31.2 Å². The SMILES string of the molecule is COCCCCN=C1NC(C(C)C)CCS1. The first-order chi connectivity index (χ1) is 7.74. The molecule has 0 radical (unpaired) electrons. The normalized spacial score (nSPS) is 23.8. The first-order valence-corrected chi connectivity index (χ1v) is 7.15. The molecule has 4 heteroatoms. The van der Waals surface area contributed by atoms with Crippen LogP contribution in [-0.2, 0) is 4.74 Å². The number of nitrogens with one attached hydrogen (secondary N) is 1. The van der Waals surface area contributed by atoms with E-state index in [4.69, 9.17) is 4.74 Å². The van der Waals surface area contributed by atoms with Gasteiger partial charge in [0.05, 0.1) is 0 Å². The average molecular weight is 244 g/mol. The van der Waals surface area contributed by atoms with E-state index in [2.05, 4.69) is 24.2 Å². The average Bonchev–Trinajstić information content (AvgIpc) is 2.29. The molecule has 0 spiro atoms. The fraction of sp³-hybridized carbons (Fsp3) is 0.917. The highest BCUT2D eigenvalue weighted by molar-refractivity contribution is 8.13. The minimum Gasteiger partial charge on any atom is -0.385 e. The zero-order valence-electron chi connectivity index (χ0n) is 10.7. The lowest BCUT2D eigenvalue weighted by molar-refractivity contribution is 0.193. The summed E-state index contributed by atoms with van der Waals surface area (Å²) in [5.74, 6) is 1.90. The second kappa shape index (κ2) is 7.96. The second-order valence-corrected chi connectivity index (χ2v) is 5.60. The van der Waals surface area contributed by atoms with Gasteiger partial charge in [-0.05, 0) is 25.2 Å². The van der Waals surface area contributed by atoms with Gasteiger partial charge in [0, 0.05) is 32.1 Å².